The van der Waals surface area contributed by atoms with Crippen LogP contribution in [0.2, 0.25) is 0 Å². The number of phenolic OH excluding ortho intramolecular Hbond substituents is 1. The van der Waals surface area contributed by atoms with Gasteiger partial charge in [0, 0.05) is 18.5 Å². The summed E-state index contributed by atoms with van der Waals surface area (Å²) in [6, 6.07) is 14.4. The van der Waals surface area contributed by atoms with Crippen molar-refractivity contribution in [1.29, 1.82) is 0 Å². The normalized spacial score (nSPS) is 10.3. The zero-order valence-corrected chi connectivity index (χ0v) is 14.6. The van der Waals surface area contributed by atoms with Crippen LogP contribution in [0.1, 0.15) is 32.7 Å². The van der Waals surface area contributed by atoms with E-state index in [1.54, 1.807) is 24.3 Å². The highest BCUT2D eigenvalue weighted by Gasteiger charge is 2.18. The molecule has 3 rings (SSSR count). The Kier molecular flexibility index (Phi) is 5.38. The fraction of sp³-hybridized carbons (Fsp3) is 0.150. The van der Waals surface area contributed by atoms with Crippen LogP contribution in [-0.2, 0) is 19.5 Å². The van der Waals surface area contributed by atoms with Crippen LogP contribution in [0.3, 0.4) is 0 Å². The fourth-order valence-corrected chi connectivity index (χ4v) is 2.76. The third kappa shape index (κ3) is 4.44. The first kappa shape index (κ1) is 18.0. The van der Waals surface area contributed by atoms with Crippen LogP contribution in [0.15, 0.2) is 48.5 Å². The van der Waals surface area contributed by atoms with Crippen molar-refractivity contribution in [2.75, 3.05) is 5.32 Å². The number of hydrogen-bond donors (Lipinski definition) is 4. The Morgan fingerprint density at radius 2 is 1.74 bits per heavy atom. The summed E-state index contributed by atoms with van der Waals surface area (Å²) in [5, 5.41) is 19.5. The van der Waals surface area contributed by atoms with E-state index in [1.807, 2.05) is 24.3 Å². The SMILES string of the molecule is [C-]#[N+]Cc1ccc(Cc2[nH]nc(NCc3ccc(O)cc3)c2C(N)=O)cc1. The quantitative estimate of drug-likeness (QED) is 0.485. The number of hydrogen-bond acceptors (Lipinski definition) is 4. The van der Waals surface area contributed by atoms with E-state index in [4.69, 9.17) is 12.3 Å². The number of phenols is 1. The zero-order chi connectivity index (χ0) is 19.2. The minimum absolute atomic E-state index is 0.195. The second-order valence-electron chi connectivity index (χ2n) is 6.12. The van der Waals surface area contributed by atoms with E-state index in [0.29, 0.717) is 36.6 Å². The molecule has 0 unspecified atom stereocenters. The van der Waals surface area contributed by atoms with Crippen molar-refractivity contribution in [2.24, 2.45) is 5.73 Å². The number of primary amides is 1. The van der Waals surface area contributed by atoms with Crippen molar-refractivity contribution < 1.29 is 9.90 Å². The van der Waals surface area contributed by atoms with Gasteiger partial charge in [0.1, 0.15) is 11.3 Å². The lowest BCUT2D eigenvalue weighted by Gasteiger charge is -2.06. The van der Waals surface area contributed by atoms with Gasteiger partial charge in [0.15, 0.2) is 5.82 Å². The number of nitrogens with two attached hydrogens (primary N) is 1. The number of nitrogens with zero attached hydrogens (tertiary/aromatic N) is 2. The largest absolute Gasteiger partial charge is 0.508 e. The Morgan fingerprint density at radius 3 is 2.37 bits per heavy atom. The lowest BCUT2D eigenvalue weighted by atomic mass is 10.0. The van der Waals surface area contributed by atoms with Gasteiger partial charge in [-0.05, 0) is 23.3 Å². The molecule has 0 atom stereocenters. The van der Waals surface area contributed by atoms with Crippen molar-refractivity contribution in [3.63, 3.8) is 0 Å². The summed E-state index contributed by atoms with van der Waals surface area (Å²) in [6.45, 7) is 7.69. The molecule has 0 aliphatic rings. The van der Waals surface area contributed by atoms with Gasteiger partial charge in [0.25, 0.3) is 5.91 Å². The van der Waals surface area contributed by atoms with E-state index < -0.39 is 5.91 Å². The summed E-state index contributed by atoms with van der Waals surface area (Å²) in [5.74, 6) is 0.0350. The Hall–Kier alpha value is -3.79. The topological polar surface area (TPSA) is 108 Å². The van der Waals surface area contributed by atoms with Crippen LogP contribution >= 0.6 is 0 Å². The monoisotopic (exact) mass is 361 g/mol. The number of H-pyrrole nitrogens is 1. The van der Waals surface area contributed by atoms with Gasteiger partial charge in [0.05, 0.1) is 5.69 Å². The number of amides is 1. The van der Waals surface area contributed by atoms with Gasteiger partial charge in [-0.15, -0.1) is 0 Å². The Morgan fingerprint density at radius 1 is 1.11 bits per heavy atom. The molecule has 0 aliphatic heterocycles. The minimum Gasteiger partial charge on any atom is -0.508 e. The molecule has 0 bridgehead atoms. The molecule has 7 heteroatoms. The third-order valence-electron chi connectivity index (χ3n) is 4.15. The van der Waals surface area contributed by atoms with Gasteiger partial charge in [0.2, 0.25) is 6.54 Å². The van der Waals surface area contributed by atoms with Gasteiger partial charge < -0.3 is 21.0 Å². The lowest BCUT2D eigenvalue weighted by molar-refractivity contribution is 0.100. The molecule has 0 fully saturated rings. The smallest absolute Gasteiger partial charge is 0.254 e. The highest BCUT2D eigenvalue weighted by Crippen LogP contribution is 2.21. The standard InChI is InChI=1S/C20H19N5O2/c1-22-11-14-4-2-13(3-5-14)10-17-18(19(21)27)20(25-24-17)23-12-15-6-8-16(26)9-7-15/h2-9,26H,10-12H2,(H2,21,27)(H2,23,24,25). The van der Waals surface area contributed by atoms with E-state index >= 15 is 0 Å². The minimum atomic E-state index is -0.559. The second-order valence-corrected chi connectivity index (χ2v) is 6.12. The van der Waals surface area contributed by atoms with E-state index in [9.17, 15) is 9.90 Å². The molecular weight excluding hydrogens is 342 g/mol. The number of carbonyl (C=O) groups is 1. The van der Waals surface area contributed by atoms with Crippen molar-refractivity contribution in [3.05, 3.63) is 87.9 Å². The van der Waals surface area contributed by atoms with Crippen LogP contribution in [0.5, 0.6) is 5.75 Å². The van der Waals surface area contributed by atoms with Gasteiger partial charge >= 0.3 is 0 Å². The summed E-state index contributed by atoms with van der Waals surface area (Å²) in [5.41, 5.74) is 9.39. The molecule has 0 saturated heterocycles. The Balaban J connectivity index is 1.75. The van der Waals surface area contributed by atoms with Gasteiger partial charge in [-0.3, -0.25) is 9.89 Å². The number of rotatable bonds is 7. The van der Waals surface area contributed by atoms with Gasteiger partial charge in [-0.1, -0.05) is 36.4 Å². The van der Waals surface area contributed by atoms with Crippen LogP contribution in [0.25, 0.3) is 4.85 Å². The molecule has 7 nitrogen and oxygen atoms in total. The first-order valence-electron chi connectivity index (χ1n) is 8.36. The highest BCUT2D eigenvalue weighted by molar-refractivity contribution is 5.98. The van der Waals surface area contributed by atoms with Gasteiger partial charge in [-0.25, -0.2) is 6.57 Å². The number of benzene rings is 2. The average Bonchev–Trinajstić information content (AvgIpc) is 3.06. The van der Waals surface area contributed by atoms with Crippen LogP contribution in [-0.4, -0.2) is 21.2 Å². The molecular formula is C20H19N5O2. The Bertz CT molecular complexity index is 969. The van der Waals surface area contributed by atoms with E-state index in [1.165, 1.54) is 0 Å². The first-order valence-corrected chi connectivity index (χ1v) is 8.36. The molecule has 1 heterocycles. The van der Waals surface area contributed by atoms with Crippen molar-refractivity contribution in [1.82, 2.24) is 10.2 Å². The molecule has 5 N–H and O–H groups in total. The predicted octanol–water partition coefficient (Wildman–Crippen LogP) is 2.84. The summed E-state index contributed by atoms with van der Waals surface area (Å²) >= 11 is 0. The maximum atomic E-state index is 11.9. The Labute approximate surface area is 156 Å². The average molecular weight is 361 g/mol. The molecule has 1 aromatic heterocycles. The fourth-order valence-electron chi connectivity index (χ4n) is 2.76. The molecule has 136 valence electrons. The second kappa shape index (κ2) is 8.06. The summed E-state index contributed by atoms with van der Waals surface area (Å²) in [6.07, 6.45) is 0.477. The van der Waals surface area contributed by atoms with Crippen molar-refractivity contribution in [3.8, 4) is 5.75 Å². The number of nitrogens with one attached hydrogen (secondary N) is 2. The zero-order valence-electron chi connectivity index (χ0n) is 14.6. The van der Waals surface area contributed by atoms with Crippen molar-refractivity contribution >= 4 is 11.7 Å². The number of aromatic hydroxyl groups is 1. The maximum absolute atomic E-state index is 11.9. The summed E-state index contributed by atoms with van der Waals surface area (Å²) in [4.78, 5) is 15.3. The van der Waals surface area contributed by atoms with Crippen LogP contribution < -0.4 is 11.1 Å². The lowest BCUT2D eigenvalue weighted by Crippen LogP contribution is -2.15. The maximum Gasteiger partial charge on any atom is 0.254 e. The van der Waals surface area contributed by atoms with E-state index in [-0.39, 0.29) is 5.75 Å². The van der Waals surface area contributed by atoms with Crippen LogP contribution in [0, 0.1) is 6.57 Å². The molecule has 3 aromatic rings. The molecule has 0 radical (unpaired) electrons. The molecule has 0 spiro atoms. The number of aromatic amines is 1. The van der Waals surface area contributed by atoms with Gasteiger partial charge in [-0.2, -0.15) is 5.10 Å². The van der Waals surface area contributed by atoms with E-state index in [2.05, 4.69) is 20.4 Å². The third-order valence-corrected chi connectivity index (χ3v) is 4.15. The molecule has 2 aromatic carbocycles. The molecule has 27 heavy (non-hydrogen) atoms. The molecule has 1 amide bonds. The highest BCUT2D eigenvalue weighted by atomic mass is 16.3. The first-order chi connectivity index (χ1) is 13.1. The predicted molar refractivity (Wildman–Crippen MR) is 102 cm³/mol. The van der Waals surface area contributed by atoms with E-state index in [0.717, 1.165) is 16.7 Å². The molecule has 0 aliphatic carbocycles. The van der Waals surface area contributed by atoms with Crippen LogP contribution in [0.4, 0.5) is 5.82 Å². The summed E-state index contributed by atoms with van der Waals surface area (Å²) in [7, 11) is 0. The van der Waals surface area contributed by atoms with Crippen molar-refractivity contribution in [2.45, 2.75) is 19.5 Å². The number of carbonyl (C=O) groups excluding carboxylic acids is 1. The number of anilines is 1. The summed E-state index contributed by atoms with van der Waals surface area (Å²) < 4.78 is 0. The number of aromatic nitrogens is 2. The molecule has 0 saturated carbocycles.